The van der Waals surface area contributed by atoms with Crippen molar-refractivity contribution in [3.8, 4) is 0 Å². The smallest absolute Gasteiger partial charge is 0.323 e. The highest BCUT2D eigenvalue weighted by atomic mass is 32.1. The molecule has 1 rings (SSSR count). The molecule has 6 heteroatoms. The SMILES string of the molecule is COC(=O)[C@@H](N)Cc1csc(N)n1. The minimum atomic E-state index is -0.661. The van der Waals surface area contributed by atoms with Crippen molar-refractivity contribution in [3.63, 3.8) is 0 Å². The number of ether oxygens (including phenoxy) is 1. The highest BCUT2D eigenvalue weighted by molar-refractivity contribution is 7.13. The van der Waals surface area contributed by atoms with Crippen LogP contribution < -0.4 is 11.5 Å². The number of rotatable bonds is 3. The van der Waals surface area contributed by atoms with Gasteiger partial charge in [-0.2, -0.15) is 0 Å². The number of carbonyl (C=O) groups excluding carboxylic acids is 1. The Balaban J connectivity index is 2.54. The predicted molar refractivity (Wildman–Crippen MR) is 50.2 cm³/mol. The summed E-state index contributed by atoms with van der Waals surface area (Å²) in [6, 6.07) is -0.661. The highest BCUT2D eigenvalue weighted by Gasteiger charge is 2.15. The Morgan fingerprint density at radius 2 is 2.54 bits per heavy atom. The van der Waals surface area contributed by atoms with Gasteiger partial charge in [0, 0.05) is 11.8 Å². The maximum absolute atomic E-state index is 10.9. The number of hydrogen-bond acceptors (Lipinski definition) is 6. The van der Waals surface area contributed by atoms with Crippen LogP contribution in [0.3, 0.4) is 0 Å². The van der Waals surface area contributed by atoms with Crippen molar-refractivity contribution in [2.75, 3.05) is 12.8 Å². The van der Waals surface area contributed by atoms with Gasteiger partial charge < -0.3 is 16.2 Å². The molecule has 1 aromatic rings. The zero-order valence-electron chi connectivity index (χ0n) is 7.19. The van der Waals surface area contributed by atoms with Gasteiger partial charge in [-0.1, -0.05) is 0 Å². The maximum atomic E-state index is 10.9. The molecule has 1 aromatic heterocycles. The van der Waals surface area contributed by atoms with Crippen molar-refractivity contribution < 1.29 is 9.53 Å². The second-order valence-electron chi connectivity index (χ2n) is 2.51. The quantitative estimate of drug-likeness (QED) is 0.659. The predicted octanol–water partition coefficient (Wildman–Crippen LogP) is -0.232. The zero-order valence-corrected chi connectivity index (χ0v) is 8.00. The van der Waals surface area contributed by atoms with Crippen molar-refractivity contribution >= 4 is 22.4 Å². The first-order valence-corrected chi connectivity index (χ1v) is 4.54. The molecule has 0 aliphatic heterocycles. The van der Waals surface area contributed by atoms with E-state index in [1.807, 2.05) is 0 Å². The third-order valence-corrected chi connectivity index (χ3v) is 2.23. The van der Waals surface area contributed by atoms with Crippen molar-refractivity contribution in [1.82, 2.24) is 4.98 Å². The van der Waals surface area contributed by atoms with E-state index in [1.54, 1.807) is 5.38 Å². The minimum Gasteiger partial charge on any atom is -0.468 e. The maximum Gasteiger partial charge on any atom is 0.323 e. The first-order chi connectivity index (χ1) is 6.13. The molecule has 4 N–H and O–H groups in total. The van der Waals surface area contributed by atoms with Crippen LogP contribution in [0.2, 0.25) is 0 Å². The fourth-order valence-corrected chi connectivity index (χ4v) is 1.45. The Hall–Kier alpha value is -1.14. The standard InChI is InChI=1S/C7H11N3O2S/c1-12-6(11)5(8)2-4-3-13-7(9)10-4/h3,5H,2,8H2,1H3,(H2,9,10)/t5-/m0/s1. The van der Waals surface area contributed by atoms with E-state index in [2.05, 4.69) is 9.72 Å². The van der Waals surface area contributed by atoms with E-state index in [0.717, 1.165) is 5.69 Å². The summed E-state index contributed by atoms with van der Waals surface area (Å²) in [4.78, 5) is 14.9. The van der Waals surface area contributed by atoms with Gasteiger partial charge in [-0.15, -0.1) is 11.3 Å². The van der Waals surface area contributed by atoms with Crippen LogP contribution in [0.4, 0.5) is 5.13 Å². The fourth-order valence-electron chi connectivity index (χ4n) is 0.876. The van der Waals surface area contributed by atoms with Crippen LogP contribution in [0.15, 0.2) is 5.38 Å². The van der Waals surface area contributed by atoms with Crippen LogP contribution in [0.1, 0.15) is 5.69 Å². The molecule has 0 amide bonds. The Bertz CT molecular complexity index is 300. The molecule has 0 radical (unpaired) electrons. The van der Waals surface area contributed by atoms with Gasteiger partial charge in [0.15, 0.2) is 5.13 Å². The summed E-state index contributed by atoms with van der Waals surface area (Å²) in [5, 5.41) is 2.25. The molecule has 0 aromatic carbocycles. The highest BCUT2D eigenvalue weighted by Crippen LogP contribution is 2.12. The van der Waals surface area contributed by atoms with Gasteiger partial charge in [0.05, 0.1) is 12.8 Å². The molecule has 13 heavy (non-hydrogen) atoms. The average Bonchev–Trinajstić information content (AvgIpc) is 2.49. The van der Waals surface area contributed by atoms with E-state index in [4.69, 9.17) is 11.5 Å². The number of hydrogen-bond donors (Lipinski definition) is 2. The molecule has 0 unspecified atom stereocenters. The van der Waals surface area contributed by atoms with Gasteiger partial charge >= 0.3 is 5.97 Å². The van der Waals surface area contributed by atoms with Gasteiger partial charge in [-0.3, -0.25) is 4.79 Å². The number of nitrogens with zero attached hydrogens (tertiary/aromatic N) is 1. The van der Waals surface area contributed by atoms with Gasteiger partial charge in [0.2, 0.25) is 0 Å². The van der Waals surface area contributed by atoms with Crippen molar-refractivity contribution in [2.45, 2.75) is 12.5 Å². The monoisotopic (exact) mass is 201 g/mol. The summed E-state index contributed by atoms with van der Waals surface area (Å²) in [6.07, 6.45) is 0.361. The molecule has 0 aliphatic rings. The Morgan fingerprint density at radius 3 is 3.00 bits per heavy atom. The summed E-state index contributed by atoms with van der Waals surface area (Å²) in [7, 11) is 1.30. The van der Waals surface area contributed by atoms with Crippen molar-refractivity contribution in [3.05, 3.63) is 11.1 Å². The lowest BCUT2D eigenvalue weighted by molar-refractivity contribution is -0.142. The lowest BCUT2D eigenvalue weighted by Gasteiger charge is -2.05. The number of esters is 1. The molecular formula is C7H11N3O2S. The molecule has 0 aliphatic carbocycles. The first kappa shape index (κ1) is 9.94. The molecule has 0 bridgehead atoms. The lowest BCUT2D eigenvalue weighted by atomic mass is 10.2. The number of carbonyl (C=O) groups is 1. The molecular weight excluding hydrogens is 190 g/mol. The molecule has 0 spiro atoms. The summed E-state index contributed by atoms with van der Waals surface area (Å²) in [6.45, 7) is 0. The average molecular weight is 201 g/mol. The number of anilines is 1. The summed E-state index contributed by atoms with van der Waals surface area (Å²) in [5.41, 5.74) is 11.7. The number of nitrogens with two attached hydrogens (primary N) is 2. The summed E-state index contributed by atoms with van der Waals surface area (Å²) < 4.78 is 4.47. The normalized spacial score (nSPS) is 12.5. The Morgan fingerprint density at radius 1 is 1.85 bits per heavy atom. The van der Waals surface area contributed by atoms with Crippen LogP contribution in [0.5, 0.6) is 0 Å². The minimum absolute atomic E-state index is 0.361. The van der Waals surface area contributed by atoms with Crippen molar-refractivity contribution in [1.29, 1.82) is 0 Å². The molecule has 0 saturated carbocycles. The number of thiazole rings is 1. The second-order valence-corrected chi connectivity index (χ2v) is 3.40. The van der Waals surface area contributed by atoms with Crippen LogP contribution in [-0.4, -0.2) is 24.1 Å². The van der Waals surface area contributed by atoms with Crippen LogP contribution >= 0.6 is 11.3 Å². The second kappa shape index (κ2) is 4.20. The van der Waals surface area contributed by atoms with E-state index in [9.17, 15) is 4.79 Å². The lowest BCUT2D eigenvalue weighted by Crippen LogP contribution is -2.33. The molecule has 1 heterocycles. The molecule has 0 fully saturated rings. The van der Waals surface area contributed by atoms with E-state index < -0.39 is 12.0 Å². The first-order valence-electron chi connectivity index (χ1n) is 3.66. The van der Waals surface area contributed by atoms with Gasteiger partial charge in [0.1, 0.15) is 6.04 Å². The molecule has 72 valence electrons. The molecule has 5 nitrogen and oxygen atoms in total. The van der Waals surface area contributed by atoms with Crippen LogP contribution in [0.25, 0.3) is 0 Å². The largest absolute Gasteiger partial charge is 0.468 e. The fraction of sp³-hybridized carbons (Fsp3) is 0.429. The Kier molecular flexibility index (Phi) is 3.21. The topological polar surface area (TPSA) is 91.2 Å². The summed E-state index contributed by atoms with van der Waals surface area (Å²) in [5.74, 6) is -0.438. The number of nitrogen functional groups attached to an aromatic ring is 1. The third-order valence-electron chi connectivity index (χ3n) is 1.50. The van der Waals surface area contributed by atoms with Gasteiger partial charge in [-0.25, -0.2) is 4.98 Å². The van der Waals surface area contributed by atoms with Crippen LogP contribution in [-0.2, 0) is 16.0 Å². The van der Waals surface area contributed by atoms with Gasteiger partial charge in [-0.05, 0) is 0 Å². The molecule has 0 saturated heterocycles. The van der Waals surface area contributed by atoms with Gasteiger partial charge in [0.25, 0.3) is 0 Å². The van der Waals surface area contributed by atoms with E-state index in [-0.39, 0.29) is 0 Å². The zero-order chi connectivity index (χ0) is 9.84. The number of methoxy groups -OCH3 is 1. The van der Waals surface area contributed by atoms with Crippen LogP contribution in [0, 0.1) is 0 Å². The van der Waals surface area contributed by atoms with E-state index in [1.165, 1.54) is 18.4 Å². The third kappa shape index (κ3) is 2.67. The molecule has 1 atom stereocenters. The summed E-state index contributed by atoms with van der Waals surface area (Å²) >= 11 is 1.32. The van der Waals surface area contributed by atoms with E-state index >= 15 is 0 Å². The van der Waals surface area contributed by atoms with E-state index in [0.29, 0.717) is 11.6 Å². The van der Waals surface area contributed by atoms with Crippen molar-refractivity contribution in [2.24, 2.45) is 5.73 Å². The Labute approximate surface area is 79.7 Å². The number of aromatic nitrogens is 1.